The number of nitrogens with zero attached hydrogens (tertiary/aromatic N) is 1. The summed E-state index contributed by atoms with van der Waals surface area (Å²) in [4.78, 5) is 35.4. The molecule has 2 N–H and O–H groups in total. The molecule has 1 heterocycles. The van der Waals surface area contributed by atoms with Gasteiger partial charge in [0.05, 0.1) is 16.2 Å². The second kappa shape index (κ2) is 8.15. The average molecular weight is 419 g/mol. The van der Waals surface area contributed by atoms with Crippen LogP contribution >= 0.6 is 0 Å². The van der Waals surface area contributed by atoms with Gasteiger partial charge in [-0.25, -0.2) is 0 Å². The van der Waals surface area contributed by atoms with E-state index in [1.54, 1.807) is 49.4 Å². The van der Waals surface area contributed by atoms with Gasteiger partial charge in [-0.1, -0.05) is 18.2 Å². The number of amides is 2. The third-order valence-electron chi connectivity index (χ3n) is 4.56. The number of rotatable bonds is 5. The van der Waals surface area contributed by atoms with E-state index in [-0.39, 0.29) is 22.9 Å². The number of benzene rings is 3. The number of nitro benzene ring substituents is 1. The highest BCUT2D eigenvalue weighted by Crippen LogP contribution is 2.33. The summed E-state index contributed by atoms with van der Waals surface area (Å²) in [6.45, 7) is 1.63. The molecule has 0 bridgehead atoms. The average Bonchev–Trinajstić information content (AvgIpc) is 2.75. The molecule has 3 aromatic carbocycles. The van der Waals surface area contributed by atoms with Crippen molar-refractivity contribution in [3.63, 3.8) is 0 Å². The van der Waals surface area contributed by atoms with Crippen molar-refractivity contribution in [1.82, 2.24) is 0 Å². The first-order valence-corrected chi connectivity index (χ1v) is 9.35. The van der Waals surface area contributed by atoms with Crippen LogP contribution in [0.5, 0.6) is 17.2 Å². The Labute approximate surface area is 176 Å². The van der Waals surface area contributed by atoms with Crippen LogP contribution in [-0.4, -0.2) is 22.8 Å². The monoisotopic (exact) mass is 419 g/mol. The first kappa shape index (κ1) is 19.9. The molecule has 0 aliphatic carbocycles. The van der Waals surface area contributed by atoms with Crippen LogP contribution < -0.4 is 20.1 Å². The summed E-state index contributed by atoms with van der Waals surface area (Å²) in [5, 5.41) is 16.6. The van der Waals surface area contributed by atoms with Crippen molar-refractivity contribution in [2.75, 3.05) is 10.6 Å². The maximum atomic E-state index is 13.0. The van der Waals surface area contributed by atoms with Gasteiger partial charge < -0.3 is 20.1 Å². The van der Waals surface area contributed by atoms with Gasteiger partial charge in [-0.2, -0.15) is 0 Å². The van der Waals surface area contributed by atoms with Crippen molar-refractivity contribution in [1.29, 1.82) is 0 Å². The summed E-state index contributed by atoms with van der Waals surface area (Å²) in [5.74, 6) is 0.221. The molecule has 156 valence electrons. The Morgan fingerprint density at radius 1 is 1.13 bits per heavy atom. The highest BCUT2D eigenvalue weighted by atomic mass is 16.6. The van der Waals surface area contributed by atoms with Crippen molar-refractivity contribution in [3.8, 4) is 17.2 Å². The topological polar surface area (TPSA) is 120 Å². The Kier molecular flexibility index (Phi) is 5.23. The Morgan fingerprint density at radius 2 is 1.90 bits per heavy atom. The van der Waals surface area contributed by atoms with E-state index in [0.29, 0.717) is 22.9 Å². The van der Waals surface area contributed by atoms with E-state index < -0.39 is 16.9 Å². The van der Waals surface area contributed by atoms with Crippen LogP contribution in [0.25, 0.3) is 0 Å². The number of ether oxygens (including phenoxy) is 2. The summed E-state index contributed by atoms with van der Waals surface area (Å²) < 4.78 is 11.3. The second-order valence-corrected chi connectivity index (χ2v) is 6.77. The molecule has 1 aliphatic heterocycles. The highest BCUT2D eigenvalue weighted by Gasteiger charge is 2.24. The van der Waals surface area contributed by atoms with Crippen LogP contribution in [0.4, 0.5) is 17.1 Å². The lowest BCUT2D eigenvalue weighted by atomic mass is 10.1. The number of fused-ring (bicyclic) bond motifs is 1. The van der Waals surface area contributed by atoms with E-state index in [2.05, 4.69) is 10.6 Å². The van der Waals surface area contributed by atoms with E-state index in [0.717, 1.165) is 6.07 Å². The molecule has 9 nitrogen and oxygen atoms in total. The summed E-state index contributed by atoms with van der Waals surface area (Å²) in [7, 11) is 0. The maximum Gasteiger partial charge on any atom is 0.270 e. The van der Waals surface area contributed by atoms with Gasteiger partial charge in [-0.3, -0.25) is 19.7 Å². The molecular formula is C22H17N3O6. The minimum atomic E-state index is -0.615. The number of anilines is 2. The molecule has 2 amide bonds. The summed E-state index contributed by atoms with van der Waals surface area (Å²) >= 11 is 0. The molecule has 1 atom stereocenters. The van der Waals surface area contributed by atoms with E-state index in [1.165, 1.54) is 12.1 Å². The molecule has 1 unspecified atom stereocenters. The lowest BCUT2D eigenvalue weighted by molar-refractivity contribution is -0.384. The van der Waals surface area contributed by atoms with Gasteiger partial charge in [0.1, 0.15) is 17.2 Å². The zero-order valence-corrected chi connectivity index (χ0v) is 16.3. The molecule has 0 spiro atoms. The minimum absolute atomic E-state index is 0.00955. The summed E-state index contributed by atoms with van der Waals surface area (Å²) in [6, 6.07) is 17.3. The number of carbonyl (C=O) groups excluding carboxylic acids is 2. The number of non-ortho nitro benzene ring substituents is 1. The molecule has 9 heteroatoms. The van der Waals surface area contributed by atoms with Crippen LogP contribution in [0.2, 0.25) is 0 Å². The Balaban J connectivity index is 1.63. The summed E-state index contributed by atoms with van der Waals surface area (Å²) in [6.07, 6.45) is -0.615. The Hall–Kier alpha value is -4.40. The SMILES string of the molecule is CC1Oc2ccc(NC(=O)c3cc([N+](=O)[O-])ccc3Oc3ccccc3)cc2NC1=O. The quantitative estimate of drug-likeness (QED) is 0.468. The van der Waals surface area contributed by atoms with Gasteiger partial charge in [0.15, 0.2) is 6.10 Å². The highest BCUT2D eigenvalue weighted by molar-refractivity contribution is 6.07. The zero-order chi connectivity index (χ0) is 22.0. The van der Waals surface area contributed by atoms with Crippen molar-refractivity contribution in [3.05, 3.63) is 82.4 Å². The van der Waals surface area contributed by atoms with Crippen molar-refractivity contribution >= 4 is 28.9 Å². The number of hydrogen-bond donors (Lipinski definition) is 2. The number of hydrogen-bond acceptors (Lipinski definition) is 6. The van der Waals surface area contributed by atoms with Gasteiger partial charge in [-0.15, -0.1) is 0 Å². The van der Waals surface area contributed by atoms with E-state index in [9.17, 15) is 19.7 Å². The van der Waals surface area contributed by atoms with Gasteiger partial charge >= 0.3 is 0 Å². The van der Waals surface area contributed by atoms with Crippen LogP contribution in [0.15, 0.2) is 66.7 Å². The van der Waals surface area contributed by atoms with Gasteiger partial charge in [0.2, 0.25) is 0 Å². The van der Waals surface area contributed by atoms with Crippen LogP contribution in [0.3, 0.4) is 0 Å². The predicted molar refractivity (Wildman–Crippen MR) is 113 cm³/mol. The van der Waals surface area contributed by atoms with E-state index in [1.807, 2.05) is 6.07 Å². The van der Waals surface area contributed by atoms with Crippen molar-refractivity contribution in [2.24, 2.45) is 0 Å². The molecule has 1 aliphatic rings. The number of carbonyl (C=O) groups is 2. The summed E-state index contributed by atoms with van der Waals surface area (Å²) in [5.41, 5.74) is 0.537. The molecule has 0 saturated carbocycles. The molecular weight excluding hydrogens is 402 g/mol. The predicted octanol–water partition coefficient (Wildman–Crippen LogP) is 4.36. The molecule has 0 aromatic heterocycles. The molecule has 4 rings (SSSR count). The Morgan fingerprint density at radius 3 is 2.65 bits per heavy atom. The molecule has 0 saturated heterocycles. The van der Waals surface area contributed by atoms with Crippen molar-refractivity contribution in [2.45, 2.75) is 13.0 Å². The van der Waals surface area contributed by atoms with Gasteiger partial charge in [-0.05, 0) is 43.3 Å². The fourth-order valence-electron chi connectivity index (χ4n) is 3.00. The minimum Gasteiger partial charge on any atom is -0.479 e. The fourth-order valence-corrected chi connectivity index (χ4v) is 3.00. The molecule has 0 radical (unpaired) electrons. The lowest BCUT2D eigenvalue weighted by Gasteiger charge is -2.23. The third-order valence-corrected chi connectivity index (χ3v) is 4.56. The van der Waals surface area contributed by atoms with Gasteiger partial charge in [0, 0.05) is 17.8 Å². The maximum absolute atomic E-state index is 13.0. The van der Waals surface area contributed by atoms with E-state index >= 15 is 0 Å². The smallest absolute Gasteiger partial charge is 0.270 e. The molecule has 3 aromatic rings. The van der Waals surface area contributed by atoms with Gasteiger partial charge in [0.25, 0.3) is 17.5 Å². The van der Waals surface area contributed by atoms with Crippen molar-refractivity contribution < 1.29 is 24.0 Å². The largest absolute Gasteiger partial charge is 0.479 e. The first-order valence-electron chi connectivity index (χ1n) is 9.35. The third kappa shape index (κ3) is 4.30. The standard InChI is InChI=1S/C22H17N3O6/c1-13-21(26)24-18-11-14(7-9-20(18)30-13)23-22(27)17-12-15(25(28)29)8-10-19(17)31-16-5-3-2-4-6-16/h2-13H,1H3,(H,23,27)(H,24,26). The van der Waals surface area contributed by atoms with Crippen LogP contribution in [-0.2, 0) is 4.79 Å². The number of nitrogens with one attached hydrogen (secondary N) is 2. The number of para-hydroxylation sites is 1. The Bertz CT molecular complexity index is 1180. The lowest BCUT2D eigenvalue weighted by Crippen LogP contribution is -2.34. The van der Waals surface area contributed by atoms with E-state index in [4.69, 9.17) is 9.47 Å². The van der Waals surface area contributed by atoms with Crippen LogP contribution in [0, 0.1) is 10.1 Å². The molecule has 0 fully saturated rings. The normalized spacial score (nSPS) is 14.6. The molecule has 31 heavy (non-hydrogen) atoms. The first-order chi connectivity index (χ1) is 14.9. The number of nitro groups is 1. The zero-order valence-electron chi connectivity index (χ0n) is 16.3. The van der Waals surface area contributed by atoms with Crippen LogP contribution in [0.1, 0.15) is 17.3 Å². The fraction of sp³-hybridized carbons (Fsp3) is 0.0909. The second-order valence-electron chi connectivity index (χ2n) is 6.77.